The van der Waals surface area contributed by atoms with Crippen molar-refractivity contribution < 1.29 is 4.79 Å². The molecule has 1 aromatic carbocycles. The van der Waals surface area contributed by atoms with E-state index in [0.29, 0.717) is 6.54 Å². The molecular formula is C14H22Cl2N2O. The van der Waals surface area contributed by atoms with Crippen LogP contribution in [0.15, 0.2) is 24.3 Å². The zero-order chi connectivity index (χ0) is 13.5. The minimum absolute atomic E-state index is 0. The Hall–Kier alpha value is -0.770. The highest BCUT2D eigenvalue weighted by atomic mass is 35.5. The quantitative estimate of drug-likeness (QED) is 0.849. The Kier molecular flexibility index (Phi) is 8.81. The predicted molar refractivity (Wildman–Crippen MR) is 82.8 cm³/mol. The molecule has 0 saturated heterocycles. The highest BCUT2D eigenvalue weighted by Gasteiger charge is 2.18. The summed E-state index contributed by atoms with van der Waals surface area (Å²) in [6.07, 6.45) is 1.67. The Morgan fingerprint density at radius 3 is 2.74 bits per heavy atom. The molecule has 0 heterocycles. The van der Waals surface area contributed by atoms with Crippen LogP contribution < -0.4 is 11.1 Å². The van der Waals surface area contributed by atoms with E-state index in [4.69, 9.17) is 17.3 Å². The van der Waals surface area contributed by atoms with Crippen LogP contribution in [0, 0.1) is 5.92 Å². The molecule has 0 aliphatic heterocycles. The number of nitrogens with two attached hydrogens (primary N) is 1. The number of benzene rings is 1. The van der Waals surface area contributed by atoms with Crippen LogP contribution in [0.4, 0.5) is 0 Å². The van der Waals surface area contributed by atoms with Gasteiger partial charge in [0.25, 0.3) is 0 Å². The van der Waals surface area contributed by atoms with E-state index in [1.54, 1.807) is 0 Å². The molecule has 108 valence electrons. The van der Waals surface area contributed by atoms with Crippen molar-refractivity contribution in [3.05, 3.63) is 34.9 Å². The number of hydrogen-bond acceptors (Lipinski definition) is 2. The second kappa shape index (κ2) is 9.18. The van der Waals surface area contributed by atoms with E-state index in [0.717, 1.165) is 23.4 Å². The van der Waals surface area contributed by atoms with Crippen molar-refractivity contribution in [3.63, 3.8) is 0 Å². The second-order valence-electron chi connectivity index (χ2n) is 4.58. The summed E-state index contributed by atoms with van der Waals surface area (Å²) in [5.74, 6) is 0.127. The summed E-state index contributed by atoms with van der Waals surface area (Å²) in [4.78, 5) is 11.7. The first kappa shape index (κ1) is 18.2. The Balaban J connectivity index is 0.00000324. The summed E-state index contributed by atoms with van der Waals surface area (Å²) in [6, 6.07) is 7.22. The number of hydrogen-bond donors (Lipinski definition) is 2. The number of amides is 1. The van der Waals surface area contributed by atoms with Crippen LogP contribution in [0.1, 0.15) is 25.8 Å². The standard InChI is InChI=1S/C14H21ClN2O.ClH/c1-3-10(2)13(16)14(18)17-8-7-11-5-4-6-12(15)9-11;/h4-6,9-10,13H,3,7-8,16H2,1-2H3,(H,17,18);1H. The summed E-state index contributed by atoms with van der Waals surface area (Å²) in [7, 11) is 0. The molecule has 2 atom stereocenters. The lowest BCUT2D eigenvalue weighted by atomic mass is 9.99. The van der Waals surface area contributed by atoms with E-state index in [1.807, 2.05) is 38.1 Å². The van der Waals surface area contributed by atoms with Gasteiger partial charge in [0.2, 0.25) is 5.91 Å². The zero-order valence-electron chi connectivity index (χ0n) is 11.4. The highest BCUT2D eigenvalue weighted by Crippen LogP contribution is 2.10. The second-order valence-corrected chi connectivity index (χ2v) is 5.02. The van der Waals surface area contributed by atoms with Crippen LogP contribution in [0.25, 0.3) is 0 Å². The largest absolute Gasteiger partial charge is 0.354 e. The van der Waals surface area contributed by atoms with Crippen LogP contribution in [-0.4, -0.2) is 18.5 Å². The lowest BCUT2D eigenvalue weighted by Gasteiger charge is -2.17. The van der Waals surface area contributed by atoms with E-state index in [-0.39, 0.29) is 24.2 Å². The fraction of sp³-hybridized carbons (Fsp3) is 0.500. The molecule has 0 saturated carbocycles. The number of rotatable bonds is 6. The fourth-order valence-electron chi connectivity index (χ4n) is 1.65. The molecule has 0 radical (unpaired) electrons. The van der Waals surface area contributed by atoms with Gasteiger partial charge in [0.1, 0.15) is 0 Å². The maximum absolute atomic E-state index is 11.7. The van der Waals surface area contributed by atoms with E-state index in [2.05, 4.69) is 5.32 Å². The topological polar surface area (TPSA) is 55.1 Å². The molecule has 0 aliphatic rings. The summed E-state index contributed by atoms with van der Waals surface area (Å²) >= 11 is 5.89. The van der Waals surface area contributed by atoms with Gasteiger partial charge in [0, 0.05) is 11.6 Å². The predicted octanol–water partition coefficient (Wildman–Crippen LogP) is 2.79. The van der Waals surface area contributed by atoms with E-state index >= 15 is 0 Å². The van der Waals surface area contributed by atoms with Crippen molar-refractivity contribution in [2.24, 2.45) is 11.7 Å². The first-order valence-corrected chi connectivity index (χ1v) is 6.70. The Morgan fingerprint density at radius 1 is 1.47 bits per heavy atom. The maximum Gasteiger partial charge on any atom is 0.237 e. The van der Waals surface area contributed by atoms with Crippen LogP contribution in [0.5, 0.6) is 0 Å². The van der Waals surface area contributed by atoms with Crippen molar-refractivity contribution in [1.82, 2.24) is 5.32 Å². The number of carbonyl (C=O) groups is 1. The van der Waals surface area contributed by atoms with Gasteiger partial charge in [-0.15, -0.1) is 12.4 Å². The molecule has 3 nitrogen and oxygen atoms in total. The molecule has 1 amide bonds. The first-order valence-electron chi connectivity index (χ1n) is 6.32. The van der Waals surface area contributed by atoms with Crippen molar-refractivity contribution in [1.29, 1.82) is 0 Å². The molecule has 1 aromatic rings. The van der Waals surface area contributed by atoms with Gasteiger partial charge in [-0.3, -0.25) is 4.79 Å². The smallest absolute Gasteiger partial charge is 0.237 e. The molecule has 0 aromatic heterocycles. The zero-order valence-corrected chi connectivity index (χ0v) is 12.9. The van der Waals surface area contributed by atoms with E-state index in [9.17, 15) is 4.79 Å². The van der Waals surface area contributed by atoms with Crippen molar-refractivity contribution in [2.45, 2.75) is 32.7 Å². The Labute approximate surface area is 126 Å². The van der Waals surface area contributed by atoms with Crippen LogP contribution in [0.3, 0.4) is 0 Å². The van der Waals surface area contributed by atoms with Crippen LogP contribution in [-0.2, 0) is 11.2 Å². The molecule has 0 bridgehead atoms. The number of nitrogens with one attached hydrogen (secondary N) is 1. The molecule has 0 spiro atoms. The molecule has 1 rings (SSSR count). The molecule has 3 N–H and O–H groups in total. The van der Waals surface area contributed by atoms with Gasteiger partial charge in [0.15, 0.2) is 0 Å². The molecule has 19 heavy (non-hydrogen) atoms. The van der Waals surface area contributed by atoms with Crippen LogP contribution >= 0.6 is 24.0 Å². The Morgan fingerprint density at radius 2 is 2.16 bits per heavy atom. The fourth-order valence-corrected chi connectivity index (χ4v) is 1.87. The molecule has 2 unspecified atom stereocenters. The first-order chi connectivity index (χ1) is 8.54. The van der Waals surface area contributed by atoms with Gasteiger partial charge in [0.05, 0.1) is 6.04 Å². The van der Waals surface area contributed by atoms with Gasteiger partial charge >= 0.3 is 0 Å². The average molecular weight is 305 g/mol. The minimum atomic E-state index is -0.422. The van der Waals surface area contributed by atoms with Gasteiger partial charge in [-0.2, -0.15) is 0 Å². The van der Waals surface area contributed by atoms with Gasteiger partial charge in [-0.1, -0.05) is 44.0 Å². The van der Waals surface area contributed by atoms with Crippen molar-refractivity contribution in [2.75, 3.05) is 6.54 Å². The van der Waals surface area contributed by atoms with Crippen LogP contribution in [0.2, 0.25) is 5.02 Å². The monoisotopic (exact) mass is 304 g/mol. The van der Waals surface area contributed by atoms with E-state index < -0.39 is 6.04 Å². The lowest BCUT2D eigenvalue weighted by molar-refractivity contribution is -0.123. The van der Waals surface area contributed by atoms with Crippen molar-refractivity contribution in [3.8, 4) is 0 Å². The SMILES string of the molecule is CCC(C)C(N)C(=O)NCCc1cccc(Cl)c1.Cl. The minimum Gasteiger partial charge on any atom is -0.354 e. The molecular weight excluding hydrogens is 283 g/mol. The summed E-state index contributed by atoms with van der Waals surface area (Å²) < 4.78 is 0. The Bertz CT molecular complexity index is 399. The summed E-state index contributed by atoms with van der Waals surface area (Å²) in [6.45, 7) is 4.61. The van der Waals surface area contributed by atoms with E-state index in [1.165, 1.54) is 0 Å². The normalized spacial score (nSPS) is 13.3. The lowest BCUT2D eigenvalue weighted by Crippen LogP contribution is -2.45. The van der Waals surface area contributed by atoms with Gasteiger partial charge < -0.3 is 11.1 Å². The van der Waals surface area contributed by atoms with Gasteiger partial charge in [-0.25, -0.2) is 0 Å². The third-order valence-corrected chi connectivity index (χ3v) is 3.40. The van der Waals surface area contributed by atoms with Crippen molar-refractivity contribution >= 4 is 29.9 Å². The summed E-state index contributed by atoms with van der Waals surface area (Å²) in [5, 5.41) is 3.58. The third-order valence-electron chi connectivity index (χ3n) is 3.16. The summed E-state index contributed by atoms with van der Waals surface area (Å²) in [5.41, 5.74) is 6.95. The molecule has 0 fully saturated rings. The average Bonchev–Trinajstić information content (AvgIpc) is 2.36. The number of carbonyl (C=O) groups excluding carboxylic acids is 1. The molecule has 5 heteroatoms. The third kappa shape index (κ3) is 6.28. The maximum atomic E-state index is 11.7. The molecule has 0 aliphatic carbocycles. The van der Waals surface area contributed by atoms with Gasteiger partial charge in [-0.05, 0) is 30.0 Å². The highest BCUT2D eigenvalue weighted by molar-refractivity contribution is 6.30. The number of halogens is 2.